The Bertz CT molecular complexity index is 620. The van der Waals surface area contributed by atoms with E-state index in [0.717, 1.165) is 25.7 Å². The largest absolute Gasteiger partial charge is 0.355 e. The molecule has 1 aliphatic heterocycles. The molecule has 1 N–H and O–H groups in total. The molecule has 0 aromatic heterocycles. The summed E-state index contributed by atoms with van der Waals surface area (Å²) in [6.45, 7) is 2.82. The van der Waals surface area contributed by atoms with Crippen molar-refractivity contribution in [1.29, 1.82) is 0 Å². The highest BCUT2D eigenvalue weighted by molar-refractivity contribution is 6.05. The number of carbonyl (C=O) groups excluding carboxylic acids is 3. The summed E-state index contributed by atoms with van der Waals surface area (Å²) in [5, 5.41) is 2.91. The predicted octanol–water partition coefficient (Wildman–Crippen LogP) is 2.47. The van der Waals surface area contributed by atoms with Crippen LogP contribution in [0.3, 0.4) is 0 Å². The summed E-state index contributed by atoms with van der Waals surface area (Å²) in [5.74, 6) is -0.300. The van der Waals surface area contributed by atoms with Gasteiger partial charge in [-0.15, -0.1) is 0 Å². The molecule has 1 aromatic carbocycles. The van der Waals surface area contributed by atoms with Crippen LogP contribution in [0.5, 0.6) is 0 Å². The number of amides is 3. The fraction of sp³-hybridized carbons (Fsp3) is 0.550. The van der Waals surface area contributed by atoms with Gasteiger partial charge in [-0.2, -0.15) is 0 Å². The SMILES string of the molecule is CC(CNC(=O)CCN1C(=O)C2CCCCC2C1=O)c1ccccc1. The molecular weight excluding hydrogens is 316 g/mol. The van der Waals surface area contributed by atoms with Crippen LogP contribution in [-0.4, -0.2) is 35.7 Å². The van der Waals surface area contributed by atoms with Gasteiger partial charge >= 0.3 is 0 Å². The van der Waals surface area contributed by atoms with Gasteiger partial charge < -0.3 is 5.32 Å². The van der Waals surface area contributed by atoms with Gasteiger partial charge in [-0.25, -0.2) is 0 Å². The van der Waals surface area contributed by atoms with E-state index in [1.165, 1.54) is 10.5 Å². The van der Waals surface area contributed by atoms with E-state index in [4.69, 9.17) is 0 Å². The molecule has 0 bridgehead atoms. The summed E-state index contributed by atoms with van der Waals surface area (Å²) in [6, 6.07) is 10.0. The van der Waals surface area contributed by atoms with Crippen molar-refractivity contribution in [3.63, 3.8) is 0 Å². The predicted molar refractivity (Wildman–Crippen MR) is 94.7 cm³/mol. The van der Waals surface area contributed by atoms with Crippen molar-refractivity contribution >= 4 is 17.7 Å². The smallest absolute Gasteiger partial charge is 0.233 e. The number of likely N-dealkylation sites (tertiary alicyclic amines) is 1. The second kappa shape index (κ2) is 7.81. The van der Waals surface area contributed by atoms with Gasteiger partial charge in [0.2, 0.25) is 17.7 Å². The summed E-state index contributed by atoms with van der Waals surface area (Å²) < 4.78 is 0. The molecule has 3 unspecified atom stereocenters. The molecule has 1 heterocycles. The quantitative estimate of drug-likeness (QED) is 0.808. The highest BCUT2D eigenvalue weighted by atomic mass is 16.2. The van der Waals surface area contributed by atoms with Gasteiger partial charge in [0.05, 0.1) is 11.8 Å². The van der Waals surface area contributed by atoms with Gasteiger partial charge in [0, 0.05) is 19.5 Å². The summed E-state index contributed by atoms with van der Waals surface area (Å²) in [5.41, 5.74) is 1.18. The third kappa shape index (κ3) is 3.91. The average molecular weight is 342 g/mol. The van der Waals surface area contributed by atoms with Crippen LogP contribution in [0, 0.1) is 11.8 Å². The van der Waals surface area contributed by atoms with E-state index < -0.39 is 0 Å². The first-order valence-electron chi connectivity index (χ1n) is 9.25. The number of carbonyl (C=O) groups is 3. The molecule has 5 nitrogen and oxygen atoms in total. The summed E-state index contributed by atoms with van der Waals surface area (Å²) in [6.07, 6.45) is 3.84. The lowest BCUT2D eigenvalue weighted by atomic mass is 9.81. The van der Waals surface area contributed by atoms with Gasteiger partial charge in [-0.05, 0) is 24.3 Å². The number of fused-ring (bicyclic) bond motifs is 1. The molecule has 1 saturated carbocycles. The second-order valence-electron chi connectivity index (χ2n) is 7.19. The van der Waals surface area contributed by atoms with Crippen molar-refractivity contribution in [1.82, 2.24) is 10.2 Å². The maximum atomic E-state index is 12.4. The first-order valence-corrected chi connectivity index (χ1v) is 9.25. The molecule has 1 aliphatic carbocycles. The molecule has 3 atom stereocenters. The van der Waals surface area contributed by atoms with Crippen molar-refractivity contribution in [3.05, 3.63) is 35.9 Å². The molecule has 3 amide bonds. The van der Waals surface area contributed by atoms with Crippen LogP contribution in [0.4, 0.5) is 0 Å². The lowest BCUT2D eigenvalue weighted by Gasteiger charge is -2.19. The van der Waals surface area contributed by atoms with E-state index in [1.807, 2.05) is 30.3 Å². The normalized spacial score (nSPS) is 24.1. The lowest BCUT2D eigenvalue weighted by Crippen LogP contribution is -2.36. The standard InChI is InChI=1S/C20H26N2O3/c1-14(15-7-3-2-4-8-15)13-21-18(23)11-12-22-19(24)16-9-5-6-10-17(16)20(22)25/h2-4,7-8,14,16-17H,5-6,9-13H2,1H3,(H,21,23). The number of nitrogens with one attached hydrogen (secondary N) is 1. The topological polar surface area (TPSA) is 66.5 Å². The fourth-order valence-corrected chi connectivity index (χ4v) is 3.92. The fourth-order valence-electron chi connectivity index (χ4n) is 3.92. The molecule has 0 spiro atoms. The number of rotatable bonds is 6. The van der Waals surface area contributed by atoms with Crippen molar-refractivity contribution < 1.29 is 14.4 Å². The Morgan fingerprint density at radius 1 is 1.12 bits per heavy atom. The summed E-state index contributed by atoms with van der Waals surface area (Å²) >= 11 is 0. The van der Waals surface area contributed by atoms with Crippen LogP contribution in [0.25, 0.3) is 0 Å². The van der Waals surface area contributed by atoms with Crippen LogP contribution in [-0.2, 0) is 14.4 Å². The molecule has 3 rings (SSSR count). The molecule has 1 saturated heterocycles. The van der Waals surface area contributed by atoms with Crippen LogP contribution in [0.15, 0.2) is 30.3 Å². The Hall–Kier alpha value is -2.17. The minimum absolute atomic E-state index is 0.0693. The van der Waals surface area contributed by atoms with E-state index in [0.29, 0.717) is 6.54 Å². The number of imide groups is 1. The molecular formula is C20H26N2O3. The minimum atomic E-state index is -0.137. The molecule has 1 aromatic rings. The van der Waals surface area contributed by atoms with Crippen molar-refractivity contribution in [2.24, 2.45) is 11.8 Å². The van der Waals surface area contributed by atoms with Gasteiger partial charge in [-0.3, -0.25) is 19.3 Å². The van der Waals surface area contributed by atoms with Crippen LogP contribution in [0.2, 0.25) is 0 Å². The molecule has 25 heavy (non-hydrogen) atoms. The highest BCUT2D eigenvalue weighted by Crippen LogP contribution is 2.37. The van der Waals surface area contributed by atoms with Gasteiger partial charge in [0.15, 0.2) is 0 Å². The van der Waals surface area contributed by atoms with E-state index in [9.17, 15) is 14.4 Å². The van der Waals surface area contributed by atoms with Crippen molar-refractivity contribution in [2.75, 3.05) is 13.1 Å². The number of nitrogens with zero attached hydrogens (tertiary/aromatic N) is 1. The Labute approximate surface area is 148 Å². The molecule has 2 fully saturated rings. The van der Waals surface area contributed by atoms with E-state index in [1.54, 1.807) is 0 Å². The molecule has 2 aliphatic rings. The van der Waals surface area contributed by atoms with Crippen molar-refractivity contribution in [3.8, 4) is 0 Å². The van der Waals surface area contributed by atoms with Crippen LogP contribution < -0.4 is 5.32 Å². The Balaban J connectivity index is 1.46. The first-order chi connectivity index (χ1) is 12.1. The van der Waals surface area contributed by atoms with E-state index in [2.05, 4.69) is 12.2 Å². The van der Waals surface area contributed by atoms with Gasteiger partial charge in [0.25, 0.3) is 0 Å². The second-order valence-corrected chi connectivity index (χ2v) is 7.19. The summed E-state index contributed by atoms with van der Waals surface area (Å²) in [4.78, 5) is 38.2. The van der Waals surface area contributed by atoms with Crippen molar-refractivity contribution in [2.45, 2.75) is 44.9 Å². The molecule has 5 heteroatoms. The Kier molecular flexibility index (Phi) is 5.51. The summed E-state index contributed by atoms with van der Waals surface area (Å²) in [7, 11) is 0. The van der Waals surface area contributed by atoms with E-state index in [-0.39, 0.29) is 48.4 Å². The van der Waals surface area contributed by atoms with Gasteiger partial charge in [-0.1, -0.05) is 50.1 Å². The zero-order valence-corrected chi connectivity index (χ0v) is 14.7. The Morgan fingerprint density at radius 3 is 2.32 bits per heavy atom. The van der Waals surface area contributed by atoms with Crippen LogP contribution >= 0.6 is 0 Å². The molecule has 134 valence electrons. The zero-order chi connectivity index (χ0) is 17.8. The third-order valence-electron chi connectivity index (χ3n) is 5.47. The Morgan fingerprint density at radius 2 is 1.72 bits per heavy atom. The molecule has 0 radical (unpaired) electrons. The number of hydrogen-bond acceptors (Lipinski definition) is 3. The number of hydrogen-bond donors (Lipinski definition) is 1. The highest BCUT2D eigenvalue weighted by Gasteiger charge is 2.47. The minimum Gasteiger partial charge on any atom is -0.355 e. The first kappa shape index (κ1) is 17.6. The zero-order valence-electron chi connectivity index (χ0n) is 14.7. The number of benzene rings is 1. The monoisotopic (exact) mass is 342 g/mol. The maximum Gasteiger partial charge on any atom is 0.233 e. The third-order valence-corrected chi connectivity index (χ3v) is 5.47. The lowest BCUT2D eigenvalue weighted by molar-refractivity contribution is -0.140. The average Bonchev–Trinajstić information content (AvgIpc) is 2.89. The van der Waals surface area contributed by atoms with E-state index >= 15 is 0 Å². The van der Waals surface area contributed by atoms with Gasteiger partial charge in [0.1, 0.15) is 0 Å². The van der Waals surface area contributed by atoms with Crippen LogP contribution in [0.1, 0.15) is 50.5 Å². The maximum absolute atomic E-state index is 12.4.